The van der Waals surface area contributed by atoms with Crippen LogP contribution in [0.3, 0.4) is 0 Å². The van der Waals surface area contributed by atoms with E-state index in [1.807, 2.05) is 7.05 Å². The van der Waals surface area contributed by atoms with Crippen LogP contribution in [0.25, 0.3) is 0 Å². The van der Waals surface area contributed by atoms with Crippen molar-refractivity contribution in [3.8, 4) is 0 Å². The van der Waals surface area contributed by atoms with E-state index in [-0.39, 0.29) is 10.9 Å². The van der Waals surface area contributed by atoms with Crippen molar-refractivity contribution in [1.82, 2.24) is 5.32 Å². The van der Waals surface area contributed by atoms with Crippen molar-refractivity contribution in [3.05, 3.63) is 26.0 Å². The molecular weight excluding hydrogens is 168 g/mol. The zero-order valence-corrected chi connectivity index (χ0v) is 7.94. The molecule has 0 aliphatic rings. The van der Waals surface area contributed by atoms with Gasteiger partial charge in [-0.2, -0.15) is 0 Å². The number of hydrogen-bond acceptors (Lipinski definition) is 4. The Balaban J connectivity index is 2.39. The zero-order valence-electron chi connectivity index (χ0n) is 7.94. The minimum atomic E-state index is -0.373. The molecule has 0 aliphatic heterocycles. The summed E-state index contributed by atoms with van der Waals surface area (Å²) in [5.74, 6) is 0. The van der Waals surface area contributed by atoms with Crippen molar-refractivity contribution < 1.29 is 0 Å². The number of anilines is 1. The third kappa shape index (κ3) is 1.95. The molecule has 0 aromatic heterocycles. The van der Waals surface area contributed by atoms with Crippen molar-refractivity contribution in [1.29, 1.82) is 0 Å². The van der Waals surface area contributed by atoms with E-state index < -0.39 is 0 Å². The molecule has 2 N–H and O–H groups in total. The van der Waals surface area contributed by atoms with E-state index in [2.05, 4.69) is 10.6 Å². The van der Waals surface area contributed by atoms with Crippen LogP contribution in [0.5, 0.6) is 0 Å². The largest absolute Gasteiger partial charge is 0.381 e. The summed E-state index contributed by atoms with van der Waals surface area (Å²) < 4.78 is 0. The standard InChI is InChI=1S/C9H14N2O2/c1-6-7(9(13)8(6)12)11-5-3-4-10-2/h10-11H,3-5H2,1-2H3. The highest BCUT2D eigenvalue weighted by Gasteiger charge is 2.15. The van der Waals surface area contributed by atoms with Gasteiger partial charge in [0.15, 0.2) is 0 Å². The molecule has 0 saturated carbocycles. The lowest BCUT2D eigenvalue weighted by molar-refractivity contribution is 0.747. The summed E-state index contributed by atoms with van der Waals surface area (Å²) in [4.78, 5) is 21.8. The fraction of sp³-hybridized carbons (Fsp3) is 0.556. The highest BCUT2D eigenvalue weighted by molar-refractivity contribution is 5.55. The Morgan fingerprint density at radius 3 is 2.38 bits per heavy atom. The number of hydrogen-bond donors (Lipinski definition) is 2. The Bertz CT molecular complexity index is 350. The van der Waals surface area contributed by atoms with Gasteiger partial charge in [-0.1, -0.05) is 0 Å². The Labute approximate surface area is 76.7 Å². The topological polar surface area (TPSA) is 58.2 Å². The van der Waals surface area contributed by atoms with E-state index in [0.717, 1.165) is 19.5 Å². The number of nitrogens with one attached hydrogen (secondary N) is 2. The predicted molar refractivity (Wildman–Crippen MR) is 53.1 cm³/mol. The fourth-order valence-electron chi connectivity index (χ4n) is 1.20. The van der Waals surface area contributed by atoms with Crippen molar-refractivity contribution >= 4 is 5.69 Å². The van der Waals surface area contributed by atoms with Gasteiger partial charge in [0.1, 0.15) is 0 Å². The zero-order chi connectivity index (χ0) is 9.84. The van der Waals surface area contributed by atoms with Crippen LogP contribution >= 0.6 is 0 Å². The second-order valence-electron chi connectivity index (χ2n) is 3.04. The first-order valence-electron chi connectivity index (χ1n) is 4.37. The SMILES string of the molecule is CNCCCNc1c(C)c(=O)c1=O. The average Bonchev–Trinajstić information content (AvgIpc) is 2.16. The first-order valence-corrected chi connectivity index (χ1v) is 4.37. The molecule has 0 saturated heterocycles. The first kappa shape index (κ1) is 9.92. The third-order valence-corrected chi connectivity index (χ3v) is 2.05. The summed E-state index contributed by atoms with van der Waals surface area (Å²) >= 11 is 0. The van der Waals surface area contributed by atoms with Crippen LogP contribution in [0, 0.1) is 6.92 Å². The van der Waals surface area contributed by atoms with E-state index >= 15 is 0 Å². The summed E-state index contributed by atoms with van der Waals surface area (Å²) in [6, 6.07) is 0. The van der Waals surface area contributed by atoms with Crippen LogP contribution < -0.4 is 21.5 Å². The molecule has 0 atom stereocenters. The maximum absolute atomic E-state index is 11.0. The second kappa shape index (κ2) is 4.18. The van der Waals surface area contributed by atoms with Crippen molar-refractivity contribution in [2.45, 2.75) is 13.3 Å². The fourth-order valence-corrected chi connectivity index (χ4v) is 1.20. The summed E-state index contributed by atoms with van der Waals surface area (Å²) in [7, 11) is 1.88. The second-order valence-corrected chi connectivity index (χ2v) is 3.04. The van der Waals surface area contributed by atoms with Gasteiger partial charge in [-0.25, -0.2) is 0 Å². The first-order chi connectivity index (χ1) is 6.18. The van der Waals surface area contributed by atoms with Crippen LogP contribution in [0.2, 0.25) is 0 Å². The van der Waals surface area contributed by atoms with Crippen LogP contribution in [0.4, 0.5) is 5.69 Å². The molecule has 0 fully saturated rings. The molecule has 72 valence electrons. The van der Waals surface area contributed by atoms with Crippen molar-refractivity contribution in [3.63, 3.8) is 0 Å². The Kier molecular flexibility index (Phi) is 3.19. The van der Waals surface area contributed by atoms with Gasteiger partial charge in [-0.05, 0) is 26.9 Å². The van der Waals surface area contributed by atoms with Crippen molar-refractivity contribution in [2.24, 2.45) is 0 Å². The molecule has 0 bridgehead atoms. The number of rotatable bonds is 5. The molecule has 0 amide bonds. The van der Waals surface area contributed by atoms with Crippen molar-refractivity contribution in [2.75, 3.05) is 25.5 Å². The Hall–Kier alpha value is -1.16. The molecule has 0 heterocycles. The van der Waals surface area contributed by atoms with E-state index in [1.165, 1.54) is 0 Å². The minimum absolute atomic E-state index is 0.351. The Morgan fingerprint density at radius 2 is 1.85 bits per heavy atom. The van der Waals surface area contributed by atoms with E-state index in [0.29, 0.717) is 11.3 Å². The molecule has 13 heavy (non-hydrogen) atoms. The summed E-state index contributed by atoms with van der Waals surface area (Å²) in [5.41, 5.74) is 0.341. The average molecular weight is 182 g/mol. The molecular formula is C9H14N2O2. The molecule has 0 unspecified atom stereocenters. The summed E-state index contributed by atoms with van der Waals surface area (Å²) in [6.07, 6.45) is 0.939. The van der Waals surface area contributed by atoms with Gasteiger partial charge in [0.2, 0.25) is 10.9 Å². The quantitative estimate of drug-likeness (QED) is 0.481. The van der Waals surface area contributed by atoms with Gasteiger partial charge < -0.3 is 10.6 Å². The maximum atomic E-state index is 11.0. The molecule has 0 radical (unpaired) electrons. The summed E-state index contributed by atoms with van der Waals surface area (Å²) in [5, 5.41) is 5.95. The molecule has 4 heteroatoms. The van der Waals surface area contributed by atoms with Crippen LogP contribution in [0.15, 0.2) is 9.59 Å². The molecule has 1 rings (SSSR count). The normalized spacial score (nSPS) is 10.6. The van der Waals surface area contributed by atoms with Gasteiger partial charge in [-0.3, -0.25) is 9.59 Å². The monoisotopic (exact) mass is 182 g/mol. The van der Waals surface area contributed by atoms with Crippen LogP contribution in [0.1, 0.15) is 12.0 Å². The van der Waals surface area contributed by atoms with Gasteiger partial charge in [0, 0.05) is 12.1 Å². The molecule has 1 aromatic rings. The van der Waals surface area contributed by atoms with Gasteiger partial charge >= 0.3 is 0 Å². The van der Waals surface area contributed by atoms with E-state index in [1.54, 1.807) is 6.92 Å². The smallest absolute Gasteiger partial charge is 0.249 e. The van der Waals surface area contributed by atoms with Gasteiger partial charge in [0.05, 0.1) is 5.69 Å². The molecule has 1 aromatic carbocycles. The Morgan fingerprint density at radius 1 is 1.15 bits per heavy atom. The lowest BCUT2D eigenvalue weighted by Gasteiger charge is -2.09. The maximum Gasteiger partial charge on any atom is 0.249 e. The van der Waals surface area contributed by atoms with Crippen LogP contribution in [-0.4, -0.2) is 20.1 Å². The molecule has 4 nitrogen and oxygen atoms in total. The van der Waals surface area contributed by atoms with Gasteiger partial charge in [-0.15, -0.1) is 0 Å². The lowest BCUT2D eigenvalue weighted by Crippen LogP contribution is -2.37. The highest BCUT2D eigenvalue weighted by Crippen LogP contribution is 2.04. The highest BCUT2D eigenvalue weighted by atomic mass is 16.2. The minimum Gasteiger partial charge on any atom is -0.381 e. The molecule has 0 spiro atoms. The molecule has 0 aliphatic carbocycles. The third-order valence-electron chi connectivity index (χ3n) is 2.05. The van der Waals surface area contributed by atoms with E-state index in [9.17, 15) is 9.59 Å². The van der Waals surface area contributed by atoms with E-state index in [4.69, 9.17) is 0 Å². The summed E-state index contributed by atoms with van der Waals surface area (Å²) in [6.45, 7) is 3.30. The lowest BCUT2D eigenvalue weighted by atomic mass is 10.1. The predicted octanol–water partition coefficient (Wildman–Crippen LogP) is -0.388. The van der Waals surface area contributed by atoms with Gasteiger partial charge in [0.25, 0.3) is 0 Å². The van der Waals surface area contributed by atoms with Crippen LogP contribution in [-0.2, 0) is 0 Å².